The summed E-state index contributed by atoms with van der Waals surface area (Å²) in [6, 6.07) is 12.3. The Morgan fingerprint density at radius 1 is 0.902 bits per heavy atom. The van der Waals surface area contributed by atoms with Crippen LogP contribution in [0.2, 0.25) is 0 Å². The van der Waals surface area contributed by atoms with Crippen molar-refractivity contribution in [2.45, 2.75) is 69.0 Å². The van der Waals surface area contributed by atoms with Crippen LogP contribution in [-0.4, -0.2) is 53.1 Å². The predicted octanol–water partition coefficient (Wildman–Crippen LogP) is 5.18. The Morgan fingerprint density at radius 2 is 1.63 bits per heavy atom. The van der Waals surface area contributed by atoms with E-state index in [1.54, 1.807) is 0 Å². The van der Waals surface area contributed by atoms with Crippen LogP contribution in [0.3, 0.4) is 0 Å². The zero-order valence-corrected chi connectivity index (χ0v) is 22.6. The van der Waals surface area contributed by atoms with E-state index in [0.29, 0.717) is 31.1 Å². The number of carbonyl (C=O) groups is 2. The standard InChI is InChI=1S/C31H33F3N4O3/c32-19-13-23(33)29(24(34)14-19)28-16-27(37-41-28)31(40)35-25-11-12-38(20-9-5-2-6-10-20)17-22(25)30(39)36-26-15-21(26)18-7-3-1-4-8-18/h1,3-4,7-8,13-14,16,20-22,25-26H,2,5-6,9-12,15,17H2,(H,35,40)(H,36,39)/t21-,22+,25+,26+/m1/s1. The fourth-order valence-electron chi connectivity index (χ4n) is 6.43. The molecule has 0 bridgehead atoms. The monoisotopic (exact) mass is 566 g/mol. The minimum absolute atomic E-state index is 0.0601. The Kier molecular flexibility index (Phi) is 7.84. The molecule has 1 aromatic heterocycles. The fourth-order valence-corrected chi connectivity index (χ4v) is 6.43. The van der Waals surface area contributed by atoms with E-state index in [0.717, 1.165) is 31.9 Å². The summed E-state index contributed by atoms with van der Waals surface area (Å²) in [5.74, 6) is -4.59. The number of likely N-dealkylation sites (tertiary alicyclic amines) is 1. The predicted molar refractivity (Wildman–Crippen MR) is 145 cm³/mol. The average Bonchev–Trinajstić information content (AvgIpc) is 3.57. The van der Waals surface area contributed by atoms with Crippen LogP contribution in [0.25, 0.3) is 11.3 Å². The molecule has 1 aliphatic heterocycles. The van der Waals surface area contributed by atoms with E-state index in [-0.39, 0.29) is 29.3 Å². The first-order valence-electron chi connectivity index (χ1n) is 14.4. The van der Waals surface area contributed by atoms with Crippen LogP contribution >= 0.6 is 0 Å². The summed E-state index contributed by atoms with van der Waals surface area (Å²) >= 11 is 0. The SMILES string of the molecule is O=C(N[C@H]1CCN(C2CCCCC2)C[C@@H]1C(=O)N[C@H]1C[C@@H]1c1ccccc1)c1cc(-c2c(F)cc(F)cc2F)on1. The zero-order chi connectivity index (χ0) is 28.5. The van der Waals surface area contributed by atoms with Gasteiger partial charge in [0.2, 0.25) is 5.91 Å². The Labute approximate surface area is 236 Å². The van der Waals surface area contributed by atoms with Gasteiger partial charge in [-0.15, -0.1) is 0 Å². The molecule has 7 nitrogen and oxygen atoms in total. The van der Waals surface area contributed by atoms with Crippen LogP contribution < -0.4 is 10.6 Å². The lowest BCUT2D eigenvalue weighted by atomic mass is 9.87. The third-order valence-electron chi connectivity index (χ3n) is 8.73. The number of rotatable bonds is 7. The topological polar surface area (TPSA) is 87.5 Å². The summed E-state index contributed by atoms with van der Waals surface area (Å²) in [4.78, 5) is 29.2. The summed E-state index contributed by atoms with van der Waals surface area (Å²) in [6.45, 7) is 1.30. The van der Waals surface area contributed by atoms with Gasteiger partial charge in [0, 0.05) is 55.3 Å². The number of hydrogen-bond acceptors (Lipinski definition) is 5. The van der Waals surface area contributed by atoms with E-state index in [1.165, 1.54) is 24.8 Å². The first-order chi connectivity index (χ1) is 19.9. The molecule has 6 rings (SSSR count). The van der Waals surface area contributed by atoms with Crippen molar-refractivity contribution in [1.29, 1.82) is 0 Å². The molecule has 2 N–H and O–H groups in total. The smallest absolute Gasteiger partial charge is 0.273 e. The van der Waals surface area contributed by atoms with E-state index in [2.05, 4.69) is 32.8 Å². The molecule has 0 spiro atoms. The normalized spacial score (nSPS) is 25.0. The van der Waals surface area contributed by atoms with E-state index in [1.807, 2.05) is 18.2 Å². The molecule has 1 saturated heterocycles. The zero-order valence-electron chi connectivity index (χ0n) is 22.6. The summed E-state index contributed by atoms with van der Waals surface area (Å²) in [7, 11) is 0. The number of hydrogen-bond donors (Lipinski definition) is 2. The number of nitrogens with zero attached hydrogens (tertiary/aromatic N) is 2. The Morgan fingerprint density at radius 3 is 2.37 bits per heavy atom. The quantitative estimate of drug-likeness (QED) is 0.412. The molecule has 2 aromatic carbocycles. The van der Waals surface area contributed by atoms with Gasteiger partial charge in [-0.1, -0.05) is 54.8 Å². The third kappa shape index (κ3) is 6.02. The van der Waals surface area contributed by atoms with Crippen LogP contribution in [0.4, 0.5) is 13.2 Å². The Balaban J connectivity index is 1.16. The number of nitrogens with one attached hydrogen (secondary N) is 2. The van der Waals surface area contributed by atoms with E-state index in [9.17, 15) is 22.8 Å². The van der Waals surface area contributed by atoms with Gasteiger partial charge in [-0.05, 0) is 31.2 Å². The van der Waals surface area contributed by atoms with Crippen molar-refractivity contribution >= 4 is 11.8 Å². The number of carbonyl (C=O) groups excluding carboxylic acids is 2. The van der Waals surface area contributed by atoms with E-state index < -0.39 is 40.9 Å². The van der Waals surface area contributed by atoms with Gasteiger partial charge < -0.3 is 15.2 Å². The van der Waals surface area contributed by atoms with E-state index in [4.69, 9.17) is 4.52 Å². The van der Waals surface area contributed by atoms with Gasteiger partial charge in [0.15, 0.2) is 11.5 Å². The number of halogens is 3. The molecule has 2 amide bonds. The highest BCUT2D eigenvalue weighted by Crippen LogP contribution is 2.41. The number of piperidine rings is 1. The lowest BCUT2D eigenvalue weighted by Gasteiger charge is -2.43. The lowest BCUT2D eigenvalue weighted by Crippen LogP contribution is -2.58. The highest BCUT2D eigenvalue weighted by molar-refractivity contribution is 5.94. The van der Waals surface area contributed by atoms with Crippen molar-refractivity contribution in [2.75, 3.05) is 13.1 Å². The second-order valence-corrected chi connectivity index (χ2v) is 11.5. The van der Waals surface area contributed by atoms with Gasteiger partial charge in [-0.2, -0.15) is 0 Å². The molecule has 2 aliphatic carbocycles. The minimum atomic E-state index is -1.16. The number of benzene rings is 2. The maximum Gasteiger partial charge on any atom is 0.273 e. The molecule has 0 unspecified atom stereocenters. The number of aromatic nitrogens is 1. The van der Waals surface area contributed by atoms with Crippen molar-refractivity contribution in [1.82, 2.24) is 20.7 Å². The molecule has 4 atom stereocenters. The van der Waals surface area contributed by atoms with Crippen molar-refractivity contribution in [3.8, 4) is 11.3 Å². The van der Waals surface area contributed by atoms with Crippen LogP contribution in [0.1, 0.15) is 66.9 Å². The van der Waals surface area contributed by atoms with Gasteiger partial charge in [-0.3, -0.25) is 14.5 Å². The number of amides is 2. The van der Waals surface area contributed by atoms with Crippen LogP contribution in [0, 0.1) is 23.4 Å². The largest absolute Gasteiger partial charge is 0.355 e. The second-order valence-electron chi connectivity index (χ2n) is 11.5. The summed E-state index contributed by atoms with van der Waals surface area (Å²) < 4.78 is 46.9. The molecule has 41 heavy (non-hydrogen) atoms. The molecular weight excluding hydrogens is 533 g/mol. The average molecular weight is 567 g/mol. The molecule has 2 saturated carbocycles. The van der Waals surface area contributed by atoms with Gasteiger partial charge in [-0.25, -0.2) is 13.2 Å². The lowest BCUT2D eigenvalue weighted by molar-refractivity contribution is -0.128. The van der Waals surface area contributed by atoms with Gasteiger partial charge in [0.1, 0.15) is 17.5 Å². The van der Waals surface area contributed by atoms with Gasteiger partial charge >= 0.3 is 0 Å². The summed E-state index contributed by atoms with van der Waals surface area (Å²) in [6.07, 6.45) is 7.29. The maximum atomic E-state index is 14.2. The molecule has 10 heteroatoms. The molecule has 216 valence electrons. The first-order valence-corrected chi connectivity index (χ1v) is 14.4. The van der Waals surface area contributed by atoms with Gasteiger partial charge in [0.05, 0.1) is 11.5 Å². The van der Waals surface area contributed by atoms with Crippen LogP contribution in [-0.2, 0) is 4.79 Å². The Bertz CT molecular complexity index is 1390. The first kappa shape index (κ1) is 27.5. The third-order valence-corrected chi connectivity index (χ3v) is 8.73. The molecule has 3 fully saturated rings. The summed E-state index contributed by atoms with van der Waals surface area (Å²) in [5.41, 5.74) is 0.419. The van der Waals surface area contributed by atoms with Crippen molar-refractivity contribution in [3.63, 3.8) is 0 Å². The second kappa shape index (κ2) is 11.7. The maximum absolute atomic E-state index is 14.2. The van der Waals surface area contributed by atoms with E-state index >= 15 is 0 Å². The van der Waals surface area contributed by atoms with Crippen LogP contribution in [0.15, 0.2) is 53.1 Å². The molecule has 0 radical (unpaired) electrons. The fraction of sp³-hybridized carbons (Fsp3) is 0.452. The molecule has 2 heterocycles. The van der Waals surface area contributed by atoms with Crippen molar-refractivity contribution < 1.29 is 27.3 Å². The summed E-state index contributed by atoms with van der Waals surface area (Å²) in [5, 5.41) is 9.85. The van der Waals surface area contributed by atoms with Crippen molar-refractivity contribution in [3.05, 3.63) is 77.2 Å². The highest BCUT2D eigenvalue weighted by Gasteiger charge is 2.43. The molecule has 3 aromatic rings. The van der Waals surface area contributed by atoms with Crippen molar-refractivity contribution in [2.24, 2.45) is 5.92 Å². The minimum Gasteiger partial charge on any atom is -0.355 e. The molecular formula is C31H33F3N4O3. The van der Waals surface area contributed by atoms with Gasteiger partial charge in [0.25, 0.3) is 5.91 Å². The molecule has 3 aliphatic rings. The van der Waals surface area contributed by atoms with Crippen LogP contribution in [0.5, 0.6) is 0 Å². The highest BCUT2D eigenvalue weighted by atomic mass is 19.1. The Hall–Kier alpha value is -3.66.